The Balaban J connectivity index is 1.70. The van der Waals surface area contributed by atoms with E-state index in [4.69, 9.17) is 0 Å². The third-order valence-electron chi connectivity index (χ3n) is 4.20. The molecule has 0 aliphatic carbocycles. The van der Waals surface area contributed by atoms with Gasteiger partial charge < -0.3 is 4.90 Å². The number of nitrogens with zero attached hydrogens (tertiary/aromatic N) is 2. The number of hydrogen-bond donors (Lipinski definition) is 1. The van der Waals surface area contributed by atoms with Crippen LogP contribution < -0.4 is 0 Å². The maximum atomic E-state index is 13.3. The molecule has 0 atom stereocenters. The molecule has 0 fully saturated rings. The lowest BCUT2D eigenvalue weighted by atomic mass is 10.1. The molecule has 2 rings (SSSR count). The number of H-pyrrole nitrogens is 1. The summed E-state index contributed by atoms with van der Waals surface area (Å²) >= 11 is 0. The SMILES string of the molecule is CC(C)CC(=O)N(C)CCCCCc1cc(-c2cccc(F)c2)n[nH]1. The van der Waals surface area contributed by atoms with Crippen molar-refractivity contribution in [2.75, 3.05) is 13.6 Å². The zero-order valence-electron chi connectivity index (χ0n) is 15.4. The van der Waals surface area contributed by atoms with Gasteiger partial charge in [-0.25, -0.2) is 4.39 Å². The summed E-state index contributed by atoms with van der Waals surface area (Å²) in [7, 11) is 1.88. The number of aromatic amines is 1. The van der Waals surface area contributed by atoms with Gasteiger partial charge in [0.25, 0.3) is 0 Å². The molecule has 0 aliphatic heterocycles. The quantitative estimate of drug-likeness (QED) is 0.683. The van der Waals surface area contributed by atoms with Gasteiger partial charge in [-0.2, -0.15) is 5.10 Å². The highest BCUT2D eigenvalue weighted by molar-refractivity contribution is 5.76. The van der Waals surface area contributed by atoms with E-state index in [2.05, 4.69) is 24.0 Å². The van der Waals surface area contributed by atoms with Crippen LogP contribution in [0.25, 0.3) is 11.3 Å². The smallest absolute Gasteiger partial charge is 0.222 e. The normalized spacial score (nSPS) is 11.1. The van der Waals surface area contributed by atoms with E-state index < -0.39 is 0 Å². The molecule has 1 heterocycles. The molecule has 0 radical (unpaired) electrons. The molecule has 0 unspecified atom stereocenters. The lowest BCUT2D eigenvalue weighted by Crippen LogP contribution is -2.28. The number of amides is 1. The number of carbonyl (C=O) groups is 1. The minimum absolute atomic E-state index is 0.225. The molecule has 25 heavy (non-hydrogen) atoms. The molecule has 1 N–H and O–H groups in total. The van der Waals surface area contributed by atoms with Crippen molar-refractivity contribution in [2.24, 2.45) is 5.92 Å². The molecule has 0 bridgehead atoms. The van der Waals surface area contributed by atoms with Gasteiger partial charge in [0.15, 0.2) is 0 Å². The summed E-state index contributed by atoms with van der Waals surface area (Å²) in [6.45, 7) is 4.94. The van der Waals surface area contributed by atoms with Crippen LogP contribution in [0.15, 0.2) is 30.3 Å². The topological polar surface area (TPSA) is 49.0 Å². The number of rotatable bonds is 9. The second-order valence-electron chi connectivity index (χ2n) is 7.01. The minimum atomic E-state index is -0.252. The summed E-state index contributed by atoms with van der Waals surface area (Å²) in [5.74, 6) is 0.379. The largest absolute Gasteiger partial charge is 0.346 e. The lowest BCUT2D eigenvalue weighted by molar-refractivity contribution is -0.130. The zero-order valence-corrected chi connectivity index (χ0v) is 15.4. The van der Waals surface area contributed by atoms with Crippen LogP contribution in [0.2, 0.25) is 0 Å². The third kappa shape index (κ3) is 6.33. The second kappa shape index (κ2) is 9.35. The van der Waals surface area contributed by atoms with E-state index in [-0.39, 0.29) is 11.7 Å². The van der Waals surface area contributed by atoms with Crippen LogP contribution in [0.3, 0.4) is 0 Å². The predicted molar refractivity (Wildman–Crippen MR) is 98.6 cm³/mol. The molecule has 0 saturated carbocycles. The monoisotopic (exact) mass is 345 g/mol. The van der Waals surface area contributed by atoms with Crippen molar-refractivity contribution in [3.05, 3.63) is 41.8 Å². The summed E-state index contributed by atoms with van der Waals surface area (Å²) in [5, 5.41) is 7.29. The Bertz CT molecular complexity index is 681. The Morgan fingerprint density at radius 2 is 2.04 bits per heavy atom. The van der Waals surface area contributed by atoms with Crippen molar-refractivity contribution < 1.29 is 9.18 Å². The van der Waals surface area contributed by atoms with E-state index in [1.807, 2.05) is 24.1 Å². The van der Waals surface area contributed by atoms with Gasteiger partial charge in [0.05, 0.1) is 5.69 Å². The van der Waals surface area contributed by atoms with Crippen molar-refractivity contribution in [1.29, 1.82) is 0 Å². The van der Waals surface area contributed by atoms with E-state index in [1.165, 1.54) is 12.1 Å². The second-order valence-corrected chi connectivity index (χ2v) is 7.01. The molecule has 2 aromatic rings. The Kier molecular flexibility index (Phi) is 7.16. The lowest BCUT2D eigenvalue weighted by Gasteiger charge is -2.18. The molecule has 1 aromatic heterocycles. The first-order chi connectivity index (χ1) is 12.0. The van der Waals surface area contributed by atoms with E-state index in [1.54, 1.807) is 6.07 Å². The van der Waals surface area contributed by atoms with Gasteiger partial charge in [-0.05, 0) is 43.4 Å². The van der Waals surface area contributed by atoms with Gasteiger partial charge in [0, 0.05) is 31.3 Å². The molecule has 1 amide bonds. The molecular weight excluding hydrogens is 317 g/mol. The number of benzene rings is 1. The van der Waals surface area contributed by atoms with Gasteiger partial charge in [-0.3, -0.25) is 9.89 Å². The number of unbranched alkanes of at least 4 members (excludes halogenated alkanes) is 2. The standard InChI is InChI=1S/C20H28FN3O/c1-15(2)12-20(25)24(3)11-6-4-5-10-18-14-19(23-22-18)16-8-7-9-17(21)13-16/h7-9,13-15H,4-6,10-12H2,1-3H3,(H,22,23). The van der Waals surface area contributed by atoms with E-state index in [0.717, 1.165) is 49.2 Å². The van der Waals surface area contributed by atoms with E-state index >= 15 is 0 Å². The average molecular weight is 345 g/mol. The molecule has 1 aromatic carbocycles. The van der Waals surface area contributed by atoms with Crippen LogP contribution in [0.4, 0.5) is 4.39 Å². The fourth-order valence-corrected chi connectivity index (χ4v) is 2.76. The molecule has 5 heteroatoms. The summed E-state index contributed by atoms with van der Waals surface area (Å²) in [4.78, 5) is 13.7. The van der Waals surface area contributed by atoms with Crippen molar-refractivity contribution in [2.45, 2.75) is 46.0 Å². The van der Waals surface area contributed by atoms with Crippen molar-refractivity contribution in [3.8, 4) is 11.3 Å². The van der Waals surface area contributed by atoms with Crippen LogP contribution in [0.1, 0.15) is 45.2 Å². The molecule has 136 valence electrons. The molecule has 4 nitrogen and oxygen atoms in total. The highest BCUT2D eigenvalue weighted by Gasteiger charge is 2.10. The van der Waals surface area contributed by atoms with Gasteiger partial charge in [-0.15, -0.1) is 0 Å². The van der Waals surface area contributed by atoms with E-state index in [9.17, 15) is 9.18 Å². The summed E-state index contributed by atoms with van der Waals surface area (Å²) in [6, 6.07) is 8.44. The molecule has 0 spiro atoms. The number of nitrogens with one attached hydrogen (secondary N) is 1. The predicted octanol–water partition coefficient (Wildman–Crippen LogP) is 4.43. The summed E-state index contributed by atoms with van der Waals surface area (Å²) in [6.07, 6.45) is 4.63. The van der Waals surface area contributed by atoms with Gasteiger partial charge in [0.1, 0.15) is 5.82 Å². The van der Waals surface area contributed by atoms with Crippen LogP contribution in [-0.4, -0.2) is 34.6 Å². The van der Waals surface area contributed by atoms with Crippen molar-refractivity contribution in [1.82, 2.24) is 15.1 Å². The van der Waals surface area contributed by atoms with Crippen molar-refractivity contribution >= 4 is 5.91 Å². The highest BCUT2D eigenvalue weighted by atomic mass is 19.1. The first-order valence-electron chi connectivity index (χ1n) is 9.00. The Morgan fingerprint density at radius 1 is 1.24 bits per heavy atom. The summed E-state index contributed by atoms with van der Waals surface area (Å²) < 4.78 is 13.3. The van der Waals surface area contributed by atoms with Gasteiger partial charge in [0.2, 0.25) is 5.91 Å². The van der Waals surface area contributed by atoms with Crippen LogP contribution in [0.5, 0.6) is 0 Å². The molecule has 0 aliphatic rings. The maximum absolute atomic E-state index is 13.3. The number of aromatic nitrogens is 2. The van der Waals surface area contributed by atoms with E-state index in [0.29, 0.717) is 12.3 Å². The van der Waals surface area contributed by atoms with Gasteiger partial charge in [-0.1, -0.05) is 32.4 Å². The highest BCUT2D eigenvalue weighted by Crippen LogP contribution is 2.19. The number of hydrogen-bond acceptors (Lipinski definition) is 2. The van der Waals surface area contributed by atoms with Crippen LogP contribution in [-0.2, 0) is 11.2 Å². The van der Waals surface area contributed by atoms with Gasteiger partial charge >= 0.3 is 0 Å². The number of halogens is 1. The first-order valence-corrected chi connectivity index (χ1v) is 9.00. The number of aryl methyl sites for hydroxylation is 1. The first kappa shape index (κ1) is 19.2. The Morgan fingerprint density at radius 3 is 2.76 bits per heavy atom. The average Bonchev–Trinajstić information content (AvgIpc) is 3.02. The fourth-order valence-electron chi connectivity index (χ4n) is 2.76. The molecular formula is C20H28FN3O. The van der Waals surface area contributed by atoms with Crippen molar-refractivity contribution in [3.63, 3.8) is 0 Å². The molecule has 0 saturated heterocycles. The maximum Gasteiger partial charge on any atom is 0.222 e. The third-order valence-corrected chi connectivity index (χ3v) is 4.20. The van der Waals surface area contributed by atoms with Crippen LogP contribution >= 0.6 is 0 Å². The van der Waals surface area contributed by atoms with Crippen LogP contribution in [0, 0.1) is 11.7 Å². The fraction of sp³-hybridized carbons (Fsp3) is 0.500. The summed E-state index contributed by atoms with van der Waals surface area (Å²) in [5.41, 5.74) is 2.62. The Labute approximate surface area is 149 Å². The Hall–Kier alpha value is -2.17. The minimum Gasteiger partial charge on any atom is -0.346 e. The zero-order chi connectivity index (χ0) is 18.2. The number of carbonyl (C=O) groups excluding carboxylic acids is 1.